The zero-order valence-corrected chi connectivity index (χ0v) is 18.0. The predicted molar refractivity (Wildman–Crippen MR) is 124 cm³/mol. The lowest BCUT2D eigenvalue weighted by atomic mass is 10.2. The minimum atomic E-state index is -0.151. The summed E-state index contributed by atoms with van der Waals surface area (Å²) >= 11 is 0. The molecule has 0 saturated carbocycles. The Hall–Kier alpha value is -3.19. The highest BCUT2D eigenvalue weighted by Crippen LogP contribution is 2.21. The number of aromatic nitrogens is 2. The fourth-order valence-electron chi connectivity index (χ4n) is 4.13. The van der Waals surface area contributed by atoms with E-state index in [1.807, 2.05) is 37.4 Å². The number of likely N-dealkylation sites (N-methyl/N-ethyl adjacent to an activating group) is 1. The first-order chi connectivity index (χ1) is 15.1. The number of para-hydroxylation sites is 1. The van der Waals surface area contributed by atoms with Crippen molar-refractivity contribution in [3.8, 4) is 0 Å². The van der Waals surface area contributed by atoms with Crippen LogP contribution in [0.25, 0.3) is 10.9 Å². The van der Waals surface area contributed by atoms with Gasteiger partial charge in [0.15, 0.2) is 12.4 Å². The van der Waals surface area contributed by atoms with Gasteiger partial charge in [0.2, 0.25) is 0 Å². The standard InChI is InChI=1S/C24H29N5O2/c1-28(16-22-26-21-9-5-4-8-20(21)24(31)27-22)17-23(30)25-18-10-12-19(13-11-18)29-14-6-2-3-7-15-29/h4-5,8-13H,2-3,6-7,14-17H2,1H3,(H,25,30)(H,26,27,31)/p+1. The summed E-state index contributed by atoms with van der Waals surface area (Å²) in [5.41, 5.74) is 2.54. The van der Waals surface area contributed by atoms with Gasteiger partial charge in [-0.3, -0.25) is 9.59 Å². The summed E-state index contributed by atoms with van der Waals surface area (Å²) in [7, 11) is 1.91. The summed E-state index contributed by atoms with van der Waals surface area (Å²) in [6.45, 7) is 2.95. The Labute approximate surface area is 182 Å². The van der Waals surface area contributed by atoms with Crippen LogP contribution >= 0.6 is 0 Å². The molecule has 1 aromatic heterocycles. The molecule has 1 aliphatic heterocycles. The number of carbonyl (C=O) groups excluding carboxylic acids is 1. The molecule has 3 N–H and O–H groups in total. The van der Waals surface area contributed by atoms with E-state index in [0.717, 1.165) is 23.7 Å². The van der Waals surface area contributed by atoms with E-state index in [9.17, 15) is 9.59 Å². The number of fused-ring (bicyclic) bond motifs is 1. The summed E-state index contributed by atoms with van der Waals surface area (Å²) in [5.74, 6) is 0.513. The number of aromatic amines is 1. The quantitative estimate of drug-likeness (QED) is 0.569. The summed E-state index contributed by atoms with van der Waals surface area (Å²) in [4.78, 5) is 35.4. The molecule has 162 valence electrons. The second-order valence-electron chi connectivity index (χ2n) is 8.34. The Morgan fingerprint density at radius 2 is 1.77 bits per heavy atom. The molecule has 2 heterocycles. The van der Waals surface area contributed by atoms with Crippen LogP contribution in [0.4, 0.5) is 11.4 Å². The number of anilines is 2. The fourth-order valence-corrected chi connectivity index (χ4v) is 4.13. The van der Waals surface area contributed by atoms with E-state index < -0.39 is 0 Å². The van der Waals surface area contributed by atoms with E-state index in [4.69, 9.17) is 0 Å². The van der Waals surface area contributed by atoms with Crippen molar-refractivity contribution in [1.82, 2.24) is 9.97 Å². The molecule has 0 spiro atoms. The fraction of sp³-hybridized carbons (Fsp3) is 0.375. The first kappa shape index (κ1) is 21.1. The number of quaternary nitrogens is 1. The topological polar surface area (TPSA) is 82.5 Å². The summed E-state index contributed by atoms with van der Waals surface area (Å²) in [6, 6.07) is 15.4. The molecule has 1 amide bonds. The van der Waals surface area contributed by atoms with Gasteiger partial charge in [-0.25, -0.2) is 4.98 Å². The Kier molecular flexibility index (Phi) is 6.62. The third-order valence-electron chi connectivity index (χ3n) is 5.72. The van der Waals surface area contributed by atoms with Crippen LogP contribution in [0.1, 0.15) is 31.5 Å². The average molecular weight is 421 g/mol. The molecule has 1 saturated heterocycles. The van der Waals surface area contributed by atoms with Crippen LogP contribution in [-0.2, 0) is 11.3 Å². The molecule has 7 nitrogen and oxygen atoms in total. The molecular weight excluding hydrogens is 390 g/mol. The monoisotopic (exact) mass is 420 g/mol. The molecule has 31 heavy (non-hydrogen) atoms. The van der Waals surface area contributed by atoms with E-state index in [1.165, 1.54) is 31.4 Å². The average Bonchev–Trinajstić information content (AvgIpc) is 3.04. The first-order valence-corrected chi connectivity index (χ1v) is 11.0. The van der Waals surface area contributed by atoms with E-state index in [0.29, 0.717) is 23.3 Å². The van der Waals surface area contributed by atoms with Crippen LogP contribution in [-0.4, -0.2) is 42.6 Å². The van der Waals surface area contributed by atoms with Gasteiger partial charge in [0.1, 0.15) is 6.54 Å². The lowest BCUT2D eigenvalue weighted by molar-refractivity contribution is -0.885. The van der Waals surface area contributed by atoms with Gasteiger partial charge in [0.25, 0.3) is 11.5 Å². The number of rotatable bonds is 6. The largest absolute Gasteiger partial charge is 0.372 e. The summed E-state index contributed by atoms with van der Waals surface area (Å²) < 4.78 is 0. The number of amides is 1. The van der Waals surface area contributed by atoms with E-state index in [-0.39, 0.29) is 18.0 Å². The van der Waals surface area contributed by atoms with Crippen LogP contribution in [0.3, 0.4) is 0 Å². The highest BCUT2D eigenvalue weighted by atomic mass is 16.2. The van der Waals surface area contributed by atoms with Crippen molar-refractivity contribution in [2.45, 2.75) is 32.2 Å². The molecule has 4 rings (SSSR count). The van der Waals surface area contributed by atoms with Crippen LogP contribution in [0, 0.1) is 0 Å². The Morgan fingerprint density at radius 1 is 1.06 bits per heavy atom. The molecule has 1 fully saturated rings. The Balaban J connectivity index is 1.32. The van der Waals surface area contributed by atoms with Crippen molar-refractivity contribution in [2.75, 3.05) is 36.9 Å². The van der Waals surface area contributed by atoms with Gasteiger partial charge in [-0.05, 0) is 49.2 Å². The molecular formula is C24H30N5O2+. The van der Waals surface area contributed by atoms with Crippen LogP contribution < -0.4 is 20.7 Å². The molecule has 0 bridgehead atoms. The van der Waals surface area contributed by atoms with Crippen molar-refractivity contribution in [3.63, 3.8) is 0 Å². The predicted octanol–water partition coefficient (Wildman–Crippen LogP) is 1.96. The van der Waals surface area contributed by atoms with Gasteiger partial charge in [-0.2, -0.15) is 0 Å². The number of H-pyrrole nitrogens is 1. The summed E-state index contributed by atoms with van der Waals surface area (Å²) in [6.07, 6.45) is 5.10. The zero-order valence-electron chi connectivity index (χ0n) is 18.0. The minimum absolute atomic E-state index is 0.0665. The van der Waals surface area contributed by atoms with Crippen LogP contribution in [0.5, 0.6) is 0 Å². The number of nitrogens with zero attached hydrogens (tertiary/aromatic N) is 2. The van der Waals surface area contributed by atoms with Crippen molar-refractivity contribution < 1.29 is 9.69 Å². The maximum absolute atomic E-state index is 12.5. The Bertz CT molecular complexity index is 1090. The van der Waals surface area contributed by atoms with Crippen LogP contribution in [0.15, 0.2) is 53.3 Å². The van der Waals surface area contributed by atoms with Gasteiger partial charge in [0.05, 0.1) is 18.0 Å². The van der Waals surface area contributed by atoms with E-state index in [1.54, 1.807) is 6.07 Å². The number of carbonyl (C=O) groups is 1. The third kappa shape index (κ3) is 5.49. The summed E-state index contributed by atoms with van der Waals surface area (Å²) in [5, 5.41) is 3.55. The minimum Gasteiger partial charge on any atom is -0.372 e. The van der Waals surface area contributed by atoms with Crippen molar-refractivity contribution in [3.05, 3.63) is 64.7 Å². The molecule has 7 heteroatoms. The Morgan fingerprint density at radius 3 is 2.52 bits per heavy atom. The second kappa shape index (κ2) is 9.75. The lowest BCUT2D eigenvalue weighted by Crippen LogP contribution is -3.08. The normalized spacial score (nSPS) is 15.5. The van der Waals surface area contributed by atoms with Gasteiger partial charge >= 0.3 is 0 Å². The highest BCUT2D eigenvalue weighted by Gasteiger charge is 2.14. The SMILES string of the molecule is C[NH+](CC(=O)Nc1ccc(N2CCCCCC2)cc1)Cc1nc2ccccc2c(=O)[nH]1. The number of hydrogen-bond acceptors (Lipinski definition) is 4. The van der Waals surface area contributed by atoms with E-state index in [2.05, 4.69) is 32.3 Å². The smallest absolute Gasteiger partial charge is 0.279 e. The van der Waals surface area contributed by atoms with Crippen LogP contribution in [0.2, 0.25) is 0 Å². The molecule has 1 unspecified atom stereocenters. The zero-order chi connectivity index (χ0) is 21.6. The molecule has 0 radical (unpaired) electrons. The maximum atomic E-state index is 12.5. The lowest BCUT2D eigenvalue weighted by Gasteiger charge is -2.22. The van der Waals surface area contributed by atoms with E-state index >= 15 is 0 Å². The molecule has 1 atom stereocenters. The van der Waals surface area contributed by atoms with Gasteiger partial charge in [-0.1, -0.05) is 25.0 Å². The molecule has 3 aromatic rings. The maximum Gasteiger partial charge on any atom is 0.279 e. The second-order valence-corrected chi connectivity index (χ2v) is 8.34. The molecule has 2 aromatic carbocycles. The van der Waals surface area contributed by atoms with Gasteiger partial charge < -0.3 is 20.1 Å². The first-order valence-electron chi connectivity index (χ1n) is 11.0. The number of hydrogen-bond donors (Lipinski definition) is 3. The van der Waals surface area contributed by atoms with Crippen molar-refractivity contribution >= 4 is 28.2 Å². The highest BCUT2D eigenvalue weighted by molar-refractivity contribution is 5.91. The molecule has 1 aliphatic rings. The van der Waals surface area contributed by atoms with Gasteiger partial charge in [0, 0.05) is 24.5 Å². The van der Waals surface area contributed by atoms with Crippen molar-refractivity contribution in [1.29, 1.82) is 0 Å². The van der Waals surface area contributed by atoms with Crippen molar-refractivity contribution in [2.24, 2.45) is 0 Å². The molecule has 0 aliphatic carbocycles. The number of benzene rings is 2. The number of nitrogens with one attached hydrogen (secondary N) is 3. The van der Waals surface area contributed by atoms with Gasteiger partial charge in [-0.15, -0.1) is 0 Å². The third-order valence-corrected chi connectivity index (χ3v) is 5.72.